The topological polar surface area (TPSA) is 77.7 Å². The van der Waals surface area contributed by atoms with Gasteiger partial charge in [0.1, 0.15) is 12.4 Å². The number of hydrogen-bond donors (Lipinski definition) is 0. The van der Waals surface area contributed by atoms with Gasteiger partial charge >= 0.3 is 0 Å². The van der Waals surface area contributed by atoms with Crippen molar-refractivity contribution in [3.63, 3.8) is 0 Å². The molecule has 0 radical (unpaired) electrons. The van der Waals surface area contributed by atoms with Crippen molar-refractivity contribution in [2.45, 2.75) is 57.2 Å². The van der Waals surface area contributed by atoms with Crippen LogP contribution in [0.5, 0.6) is 5.75 Å². The molecule has 2 fully saturated rings. The molecule has 1 saturated carbocycles. The van der Waals surface area contributed by atoms with Gasteiger partial charge in [-0.15, -0.1) is 0 Å². The maximum Gasteiger partial charge on any atom is 0.252 e. The first-order valence-electron chi connectivity index (χ1n) is 10.1. The molecule has 0 bridgehead atoms. The second-order valence-electron chi connectivity index (χ2n) is 7.56. The summed E-state index contributed by atoms with van der Waals surface area (Å²) < 4.78 is 16.3. The Morgan fingerprint density at radius 1 is 1.18 bits per heavy atom. The van der Waals surface area contributed by atoms with Gasteiger partial charge in [-0.3, -0.25) is 4.79 Å². The zero-order valence-corrected chi connectivity index (χ0v) is 16.3. The summed E-state index contributed by atoms with van der Waals surface area (Å²) in [6.07, 6.45) is 5.43. The van der Waals surface area contributed by atoms with Gasteiger partial charge in [-0.1, -0.05) is 17.3 Å². The minimum Gasteiger partial charge on any atom is -0.497 e. The molecule has 7 nitrogen and oxygen atoms in total. The highest BCUT2D eigenvalue weighted by molar-refractivity contribution is 5.76. The molecule has 1 aliphatic carbocycles. The highest BCUT2D eigenvalue weighted by atomic mass is 16.5. The fraction of sp³-hybridized carbons (Fsp3) is 0.571. The number of ether oxygens (including phenoxy) is 2. The van der Waals surface area contributed by atoms with Crippen molar-refractivity contribution < 1.29 is 18.8 Å². The van der Waals surface area contributed by atoms with Gasteiger partial charge in [-0.2, -0.15) is 4.98 Å². The summed E-state index contributed by atoms with van der Waals surface area (Å²) in [7, 11) is 1.65. The van der Waals surface area contributed by atoms with E-state index in [1.54, 1.807) is 7.11 Å². The summed E-state index contributed by atoms with van der Waals surface area (Å²) in [5, 5.41) is 4.01. The Bertz CT molecular complexity index is 777. The molecule has 2 aromatic rings. The largest absolute Gasteiger partial charge is 0.497 e. The molecule has 2 heterocycles. The zero-order valence-electron chi connectivity index (χ0n) is 16.3. The number of benzene rings is 1. The SMILES string of the molecule is COc1ccc(CCC(=O)N2CCC(OCc3nc(C4CC4)no3)CC2)cc1. The van der Waals surface area contributed by atoms with E-state index in [1.807, 2.05) is 29.2 Å². The summed E-state index contributed by atoms with van der Waals surface area (Å²) in [5.74, 6) is 2.90. The molecule has 28 heavy (non-hydrogen) atoms. The van der Waals surface area contributed by atoms with Crippen LogP contribution < -0.4 is 4.74 Å². The number of likely N-dealkylation sites (tertiary alicyclic amines) is 1. The maximum atomic E-state index is 12.5. The van der Waals surface area contributed by atoms with E-state index in [9.17, 15) is 4.79 Å². The third-order valence-electron chi connectivity index (χ3n) is 5.45. The third-order valence-corrected chi connectivity index (χ3v) is 5.45. The lowest BCUT2D eigenvalue weighted by molar-refractivity contribution is -0.134. The Morgan fingerprint density at radius 3 is 2.61 bits per heavy atom. The summed E-state index contributed by atoms with van der Waals surface area (Å²) in [6.45, 7) is 1.84. The molecule has 1 aliphatic heterocycles. The molecule has 0 atom stereocenters. The van der Waals surface area contributed by atoms with Crippen LogP contribution >= 0.6 is 0 Å². The summed E-state index contributed by atoms with van der Waals surface area (Å²) in [6, 6.07) is 7.88. The highest BCUT2D eigenvalue weighted by Gasteiger charge is 2.29. The van der Waals surface area contributed by atoms with E-state index in [0.717, 1.165) is 62.3 Å². The normalized spacial score (nSPS) is 17.7. The van der Waals surface area contributed by atoms with Crippen LogP contribution in [0, 0.1) is 0 Å². The number of aryl methyl sites for hydroxylation is 1. The van der Waals surface area contributed by atoms with Crippen molar-refractivity contribution in [1.29, 1.82) is 0 Å². The van der Waals surface area contributed by atoms with Crippen LogP contribution in [-0.4, -0.2) is 47.3 Å². The zero-order chi connectivity index (χ0) is 19.3. The van der Waals surface area contributed by atoms with E-state index in [1.165, 1.54) is 0 Å². The van der Waals surface area contributed by atoms with E-state index in [2.05, 4.69) is 10.1 Å². The molecule has 4 rings (SSSR count). The lowest BCUT2D eigenvalue weighted by Crippen LogP contribution is -2.40. The molecule has 150 valence electrons. The Morgan fingerprint density at radius 2 is 1.93 bits per heavy atom. The van der Waals surface area contributed by atoms with Crippen molar-refractivity contribution >= 4 is 5.91 Å². The molecule has 2 aliphatic rings. The van der Waals surface area contributed by atoms with E-state index < -0.39 is 0 Å². The molecule has 7 heteroatoms. The average Bonchev–Trinajstić information content (AvgIpc) is 3.49. The van der Waals surface area contributed by atoms with Gasteiger partial charge in [-0.05, 0) is 49.8 Å². The van der Waals surface area contributed by atoms with E-state index >= 15 is 0 Å². The predicted molar refractivity (Wildman–Crippen MR) is 102 cm³/mol. The van der Waals surface area contributed by atoms with E-state index in [0.29, 0.717) is 24.8 Å². The molecule has 1 aromatic carbocycles. The van der Waals surface area contributed by atoms with Gasteiger partial charge in [0.05, 0.1) is 13.2 Å². The first kappa shape index (κ1) is 18.9. The van der Waals surface area contributed by atoms with Gasteiger partial charge in [0.2, 0.25) is 5.91 Å². The molecule has 1 aromatic heterocycles. The van der Waals surface area contributed by atoms with Crippen LogP contribution in [-0.2, 0) is 22.6 Å². The minimum atomic E-state index is 0.141. The van der Waals surface area contributed by atoms with Gasteiger partial charge in [0.25, 0.3) is 5.89 Å². The number of hydrogen-bond acceptors (Lipinski definition) is 6. The number of aromatic nitrogens is 2. The van der Waals surface area contributed by atoms with Crippen molar-refractivity contribution in [2.75, 3.05) is 20.2 Å². The van der Waals surface area contributed by atoms with Crippen molar-refractivity contribution in [1.82, 2.24) is 15.0 Å². The number of amides is 1. The molecule has 1 amide bonds. The van der Waals surface area contributed by atoms with E-state index in [4.69, 9.17) is 14.0 Å². The lowest BCUT2D eigenvalue weighted by atomic mass is 10.1. The van der Waals surface area contributed by atoms with Crippen LogP contribution in [0.15, 0.2) is 28.8 Å². The summed E-state index contributed by atoms with van der Waals surface area (Å²) in [4.78, 5) is 18.8. The lowest BCUT2D eigenvalue weighted by Gasteiger charge is -2.31. The number of carbonyl (C=O) groups is 1. The Hall–Kier alpha value is -2.41. The van der Waals surface area contributed by atoms with Gasteiger partial charge in [0, 0.05) is 25.4 Å². The molecule has 1 saturated heterocycles. The number of rotatable bonds is 8. The van der Waals surface area contributed by atoms with E-state index in [-0.39, 0.29) is 12.0 Å². The second kappa shape index (κ2) is 8.73. The van der Waals surface area contributed by atoms with Crippen molar-refractivity contribution in [3.8, 4) is 5.75 Å². The van der Waals surface area contributed by atoms with Crippen molar-refractivity contribution in [2.24, 2.45) is 0 Å². The quantitative estimate of drug-likeness (QED) is 0.695. The smallest absolute Gasteiger partial charge is 0.252 e. The van der Waals surface area contributed by atoms with Crippen LogP contribution in [0.1, 0.15) is 55.3 Å². The fourth-order valence-corrected chi connectivity index (χ4v) is 3.50. The summed E-state index contributed by atoms with van der Waals surface area (Å²) in [5.41, 5.74) is 1.15. The van der Waals surface area contributed by atoms with Crippen molar-refractivity contribution in [3.05, 3.63) is 41.5 Å². The minimum absolute atomic E-state index is 0.141. The monoisotopic (exact) mass is 385 g/mol. The standard InChI is InChI=1S/C21H27N3O4/c1-26-17-7-2-15(3-8-17)4-9-20(25)24-12-10-18(11-13-24)27-14-19-22-21(23-28-19)16-5-6-16/h2-3,7-8,16,18H,4-6,9-14H2,1H3. The molecular weight excluding hydrogens is 358 g/mol. The first-order valence-corrected chi connectivity index (χ1v) is 10.1. The van der Waals surface area contributed by atoms with Gasteiger partial charge in [-0.25, -0.2) is 0 Å². The molecule has 0 unspecified atom stereocenters. The Kier molecular flexibility index (Phi) is 5.90. The van der Waals surface area contributed by atoms with Crippen LogP contribution in [0.4, 0.5) is 0 Å². The summed E-state index contributed by atoms with van der Waals surface area (Å²) >= 11 is 0. The van der Waals surface area contributed by atoms with Crippen LogP contribution in [0.2, 0.25) is 0 Å². The highest BCUT2D eigenvalue weighted by Crippen LogP contribution is 2.38. The number of nitrogens with zero attached hydrogens (tertiary/aromatic N) is 3. The second-order valence-corrected chi connectivity index (χ2v) is 7.56. The fourth-order valence-electron chi connectivity index (χ4n) is 3.50. The molecule has 0 spiro atoms. The van der Waals surface area contributed by atoms with Crippen LogP contribution in [0.3, 0.4) is 0 Å². The Balaban J connectivity index is 1.16. The van der Waals surface area contributed by atoms with Gasteiger partial charge < -0.3 is 18.9 Å². The third kappa shape index (κ3) is 4.90. The number of carbonyl (C=O) groups excluding carboxylic acids is 1. The molecule has 0 N–H and O–H groups in total. The van der Waals surface area contributed by atoms with Gasteiger partial charge in [0.15, 0.2) is 5.82 Å². The first-order chi connectivity index (χ1) is 13.7. The maximum absolute atomic E-state index is 12.5. The number of methoxy groups -OCH3 is 1. The van der Waals surface area contributed by atoms with Crippen LogP contribution in [0.25, 0.3) is 0 Å². The predicted octanol–water partition coefficient (Wildman–Crippen LogP) is 3.10. The average molecular weight is 385 g/mol. The number of piperidine rings is 1. The molecular formula is C21H27N3O4. The Labute approximate surface area is 165 Å².